The van der Waals surface area contributed by atoms with Gasteiger partial charge in [-0.3, -0.25) is 4.68 Å². The Balaban J connectivity index is 2.02. The molecule has 2 rings (SSSR count). The van der Waals surface area contributed by atoms with Crippen LogP contribution in [0, 0.1) is 0 Å². The first-order chi connectivity index (χ1) is 9.24. The van der Waals surface area contributed by atoms with E-state index < -0.39 is 0 Å². The number of nitrogens with one attached hydrogen (secondary N) is 1. The van der Waals surface area contributed by atoms with Crippen LogP contribution in [-0.2, 0) is 6.54 Å². The van der Waals surface area contributed by atoms with Crippen LogP contribution >= 0.6 is 23.4 Å². The molecular formula is C14H18ClN3S. The average Bonchev–Trinajstić information content (AvgIpc) is 2.90. The van der Waals surface area contributed by atoms with Crippen molar-refractivity contribution in [3.05, 3.63) is 47.2 Å². The molecule has 0 amide bonds. The van der Waals surface area contributed by atoms with Crippen LogP contribution in [0.2, 0.25) is 5.02 Å². The second kappa shape index (κ2) is 6.98. The van der Waals surface area contributed by atoms with Crippen molar-refractivity contribution in [3.8, 4) is 0 Å². The van der Waals surface area contributed by atoms with Gasteiger partial charge >= 0.3 is 0 Å². The van der Waals surface area contributed by atoms with Gasteiger partial charge in [0.15, 0.2) is 0 Å². The third kappa shape index (κ3) is 3.75. The second-order valence-electron chi connectivity index (χ2n) is 4.18. The van der Waals surface area contributed by atoms with Crippen molar-refractivity contribution in [2.24, 2.45) is 0 Å². The van der Waals surface area contributed by atoms with Gasteiger partial charge in [-0.1, -0.05) is 11.6 Å². The molecule has 0 aliphatic heterocycles. The fourth-order valence-electron chi connectivity index (χ4n) is 1.93. The zero-order chi connectivity index (χ0) is 13.7. The Morgan fingerprint density at radius 3 is 2.68 bits per heavy atom. The largest absolute Gasteiger partial charge is 0.311 e. The molecule has 2 aromatic rings. The minimum Gasteiger partial charge on any atom is -0.311 e. The summed E-state index contributed by atoms with van der Waals surface area (Å²) in [5.74, 6) is 0.962. The molecule has 102 valence electrons. The molecule has 1 atom stereocenters. The zero-order valence-electron chi connectivity index (χ0n) is 11.1. The molecule has 1 aromatic heterocycles. The van der Waals surface area contributed by atoms with Crippen molar-refractivity contribution in [1.29, 1.82) is 0 Å². The third-order valence-electron chi connectivity index (χ3n) is 2.98. The van der Waals surface area contributed by atoms with Gasteiger partial charge in [0.2, 0.25) is 0 Å². The van der Waals surface area contributed by atoms with E-state index >= 15 is 0 Å². The number of halogens is 1. The number of benzene rings is 1. The summed E-state index contributed by atoms with van der Waals surface area (Å²) in [6.07, 6.45) is 1.86. The highest BCUT2D eigenvalue weighted by Gasteiger charge is 2.14. The Kier molecular flexibility index (Phi) is 5.31. The normalized spacial score (nSPS) is 12.6. The summed E-state index contributed by atoms with van der Waals surface area (Å²) in [6.45, 7) is 3.00. The topological polar surface area (TPSA) is 29.9 Å². The summed E-state index contributed by atoms with van der Waals surface area (Å²) >= 11 is 7.71. The van der Waals surface area contributed by atoms with Gasteiger partial charge in [0.25, 0.3) is 0 Å². The van der Waals surface area contributed by atoms with Crippen molar-refractivity contribution in [2.45, 2.75) is 24.4 Å². The predicted octanol–water partition coefficient (Wildman–Crippen LogP) is 3.61. The Morgan fingerprint density at radius 2 is 2.05 bits per heavy atom. The van der Waals surface area contributed by atoms with Gasteiger partial charge in [-0.2, -0.15) is 5.10 Å². The first-order valence-corrected chi connectivity index (χ1v) is 7.68. The molecule has 1 aromatic carbocycles. The number of thioether (sulfide) groups is 1. The molecule has 5 heteroatoms. The van der Waals surface area contributed by atoms with Gasteiger partial charge in [0, 0.05) is 28.4 Å². The highest BCUT2D eigenvalue weighted by Crippen LogP contribution is 2.25. The van der Waals surface area contributed by atoms with Crippen LogP contribution in [0.4, 0.5) is 0 Å². The Hall–Kier alpha value is -0.970. The summed E-state index contributed by atoms with van der Waals surface area (Å²) in [7, 11) is 1.99. The van der Waals surface area contributed by atoms with Crippen LogP contribution in [0.3, 0.4) is 0 Å². The van der Waals surface area contributed by atoms with E-state index in [1.54, 1.807) is 0 Å². The smallest absolute Gasteiger partial charge is 0.0584 e. The summed E-state index contributed by atoms with van der Waals surface area (Å²) in [4.78, 5) is 1.23. The maximum absolute atomic E-state index is 5.89. The van der Waals surface area contributed by atoms with E-state index in [1.807, 2.05) is 41.8 Å². The lowest BCUT2D eigenvalue weighted by Crippen LogP contribution is -2.22. The molecule has 0 aliphatic carbocycles. The summed E-state index contributed by atoms with van der Waals surface area (Å²) in [5.41, 5.74) is 1.23. The maximum Gasteiger partial charge on any atom is 0.0584 e. The van der Waals surface area contributed by atoms with E-state index in [-0.39, 0.29) is 0 Å². The molecular weight excluding hydrogens is 278 g/mol. The average molecular weight is 296 g/mol. The van der Waals surface area contributed by atoms with E-state index in [0.717, 1.165) is 17.3 Å². The number of aryl methyl sites for hydroxylation is 1. The first-order valence-electron chi connectivity index (χ1n) is 6.32. The van der Waals surface area contributed by atoms with Crippen LogP contribution in [0.15, 0.2) is 41.4 Å². The first kappa shape index (κ1) is 14.4. The standard InChI is InChI=1S/C14H18ClN3S/c1-3-18-14(8-9-17-18)13(16-2)10-19-12-6-4-11(15)5-7-12/h4-9,13,16H,3,10H2,1-2H3. The molecule has 1 unspecified atom stereocenters. The lowest BCUT2D eigenvalue weighted by atomic mass is 10.2. The summed E-state index contributed by atoms with van der Waals surface area (Å²) in [5, 5.41) is 8.45. The molecule has 19 heavy (non-hydrogen) atoms. The fraction of sp³-hybridized carbons (Fsp3) is 0.357. The highest BCUT2D eigenvalue weighted by molar-refractivity contribution is 7.99. The van der Waals surface area contributed by atoms with E-state index in [9.17, 15) is 0 Å². The molecule has 0 radical (unpaired) electrons. The minimum atomic E-state index is 0.295. The van der Waals surface area contributed by atoms with E-state index in [4.69, 9.17) is 11.6 Å². The molecule has 0 fully saturated rings. The van der Waals surface area contributed by atoms with Crippen LogP contribution < -0.4 is 5.32 Å². The molecule has 1 heterocycles. The Labute approximate surface area is 123 Å². The van der Waals surface area contributed by atoms with Gasteiger partial charge < -0.3 is 5.32 Å². The van der Waals surface area contributed by atoms with Crippen molar-refractivity contribution >= 4 is 23.4 Å². The molecule has 0 bridgehead atoms. The quantitative estimate of drug-likeness (QED) is 0.826. The lowest BCUT2D eigenvalue weighted by Gasteiger charge is -2.17. The third-order valence-corrected chi connectivity index (χ3v) is 4.34. The van der Waals surface area contributed by atoms with Gasteiger partial charge in [-0.15, -0.1) is 11.8 Å². The summed E-state index contributed by atoms with van der Waals surface area (Å²) in [6, 6.07) is 10.3. The molecule has 0 spiro atoms. The van der Waals surface area contributed by atoms with E-state index in [0.29, 0.717) is 6.04 Å². The molecule has 0 saturated carbocycles. The SMILES string of the molecule is CCn1nccc1C(CSc1ccc(Cl)cc1)NC. The van der Waals surface area contributed by atoms with E-state index in [1.165, 1.54) is 10.6 Å². The van der Waals surface area contributed by atoms with Gasteiger partial charge in [0.1, 0.15) is 0 Å². The minimum absolute atomic E-state index is 0.295. The highest BCUT2D eigenvalue weighted by atomic mass is 35.5. The van der Waals surface area contributed by atoms with Crippen molar-refractivity contribution in [1.82, 2.24) is 15.1 Å². The van der Waals surface area contributed by atoms with Crippen LogP contribution in [0.25, 0.3) is 0 Å². The second-order valence-corrected chi connectivity index (χ2v) is 5.71. The molecule has 1 N–H and O–H groups in total. The Bertz CT molecular complexity index is 510. The zero-order valence-corrected chi connectivity index (χ0v) is 12.7. The number of hydrogen-bond acceptors (Lipinski definition) is 3. The van der Waals surface area contributed by atoms with Crippen LogP contribution in [0.5, 0.6) is 0 Å². The number of aromatic nitrogens is 2. The lowest BCUT2D eigenvalue weighted by molar-refractivity contribution is 0.549. The number of rotatable bonds is 6. The van der Waals surface area contributed by atoms with Gasteiger partial charge in [-0.05, 0) is 44.3 Å². The number of nitrogens with zero attached hydrogens (tertiary/aromatic N) is 2. The van der Waals surface area contributed by atoms with Crippen molar-refractivity contribution in [2.75, 3.05) is 12.8 Å². The Morgan fingerprint density at radius 1 is 1.32 bits per heavy atom. The van der Waals surface area contributed by atoms with Crippen molar-refractivity contribution in [3.63, 3.8) is 0 Å². The van der Waals surface area contributed by atoms with Gasteiger partial charge in [0.05, 0.1) is 11.7 Å². The van der Waals surface area contributed by atoms with Crippen LogP contribution in [0.1, 0.15) is 18.7 Å². The maximum atomic E-state index is 5.89. The molecule has 0 saturated heterocycles. The molecule has 3 nitrogen and oxygen atoms in total. The van der Waals surface area contributed by atoms with E-state index in [2.05, 4.69) is 35.5 Å². The number of hydrogen-bond donors (Lipinski definition) is 1. The fourth-order valence-corrected chi connectivity index (χ4v) is 3.08. The van der Waals surface area contributed by atoms with Gasteiger partial charge in [-0.25, -0.2) is 0 Å². The summed E-state index contributed by atoms with van der Waals surface area (Å²) < 4.78 is 2.03. The van der Waals surface area contributed by atoms with Crippen molar-refractivity contribution < 1.29 is 0 Å². The monoisotopic (exact) mass is 295 g/mol. The predicted molar refractivity (Wildman–Crippen MR) is 81.9 cm³/mol. The molecule has 0 aliphatic rings. The van der Waals surface area contributed by atoms with Crippen LogP contribution in [-0.4, -0.2) is 22.6 Å².